The summed E-state index contributed by atoms with van der Waals surface area (Å²) >= 11 is 2.19. The first-order valence-electron chi connectivity index (χ1n) is 5.83. The highest BCUT2D eigenvalue weighted by Crippen LogP contribution is 2.35. The fraction of sp³-hybridized carbons (Fsp3) is 0.200. The van der Waals surface area contributed by atoms with E-state index >= 15 is 0 Å². The average molecular weight is 370 g/mol. The van der Waals surface area contributed by atoms with Crippen LogP contribution < -0.4 is 14.2 Å². The minimum Gasteiger partial charge on any atom is -0.495 e. The first-order valence-corrected chi connectivity index (χ1v) is 6.90. The van der Waals surface area contributed by atoms with Crippen LogP contribution in [0, 0.1) is 3.57 Å². The molecule has 2 aromatic carbocycles. The van der Waals surface area contributed by atoms with Gasteiger partial charge >= 0.3 is 0 Å². The summed E-state index contributed by atoms with van der Waals surface area (Å²) in [7, 11) is 3.27. The van der Waals surface area contributed by atoms with E-state index in [1.165, 1.54) is 0 Å². The quantitative estimate of drug-likeness (QED) is 0.748. The van der Waals surface area contributed by atoms with Gasteiger partial charge in [0.15, 0.2) is 0 Å². The molecule has 0 radical (unpaired) electrons. The van der Waals surface area contributed by atoms with Crippen LogP contribution >= 0.6 is 22.6 Å². The predicted octanol–water partition coefficient (Wildman–Crippen LogP) is 3.89. The maximum Gasteiger partial charge on any atom is 0.139 e. The molecule has 0 aliphatic rings. The zero-order valence-electron chi connectivity index (χ0n) is 10.9. The molecule has 2 aromatic rings. The molecule has 0 unspecified atom stereocenters. The number of ether oxygens (including phenoxy) is 3. The second-order valence-corrected chi connectivity index (χ2v) is 4.99. The van der Waals surface area contributed by atoms with E-state index in [-0.39, 0.29) is 0 Å². The van der Waals surface area contributed by atoms with Gasteiger partial charge in [0.2, 0.25) is 0 Å². The number of rotatable bonds is 5. The summed E-state index contributed by atoms with van der Waals surface area (Å²) in [5.41, 5.74) is 1.12. The molecule has 0 N–H and O–H groups in total. The Morgan fingerprint density at radius 1 is 0.947 bits per heavy atom. The maximum absolute atomic E-state index is 5.77. The highest BCUT2D eigenvalue weighted by Gasteiger charge is 2.10. The molecule has 0 heterocycles. The van der Waals surface area contributed by atoms with Crippen LogP contribution in [0.15, 0.2) is 42.5 Å². The van der Waals surface area contributed by atoms with E-state index in [0.29, 0.717) is 6.61 Å². The second-order valence-electron chi connectivity index (χ2n) is 3.92. The fourth-order valence-electron chi connectivity index (χ4n) is 1.67. The van der Waals surface area contributed by atoms with Crippen LogP contribution in [0.4, 0.5) is 0 Å². The third kappa shape index (κ3) is 3.53. The first kappa shape index (κ1) is 14.0. The summed E-state index contributed by atoms with van der Waals surface area (Å²) in [5.74, 6) is 2.24. The van der Waals surface area contributed by atoms with Crippen molar-refractivity contribution in [3.63, 3.8) is 0 Å². The summed E-state index contributed by atoms with van der Waals surface area (Å²) in [6.45, 7) is 0.522. The smallest absolute Gasteiger partial charge is 0.139 e. The summed E-state index contributed by atoms with van der Waals surface area (Å²) in [6, 6.07) is 13.8. The predicted molar refractivity (Wildman–Crippen MR) is 83.0 cm³/mol. The van der Waals surface area contributed by atoms with Gasteiger partial charge < -0.3 is 14.2 Å². The van der Waals surface area contributed by atoms with E-state index in [9.17, 15) is 0 Å². The van der Waals surface area contributed by atoms with E-state index < -0.39 is 0 Å². The van der Waals surface area contributed by atoms with Crippen LogP contribution in [0.25, 0.3) is 0 Å². The molecular formula is C15H15IO3. The zero-order chi connectivity index (χ0) is 13.7. The highest BCUT2D eigenvalue weighted by molar-refractivity contribution is 14.1. The molecule has 0 fully saturated rings. The van der Waals surface area contributed by atoms with Crippen molar-refractivity contribution in [3.8, 4) is 17.2 Å². The lowest BCUT2D eigenvalue weighted by atomic mass is 10.2. The van der Waals surface area contributed by atoms with Crippen molar-refractivity contribution < 1.29 is 14.2 Å². The van der Waals surface area contributed by atoms with Crippen LogP contribution in [0.3, 0.4) is 0 Å². The highest BCUT2D eigenvalue weighted by atomic mass is 127. The van der Waals surface area contributed by atoms with E-state index in [2.05, 4.69) is 22.6 Å². The van der Waals surface area contributed by atoms with Gasteiger partial charge in [0.1, 0.15) is 23.9 Å². The Kier molecular flexibility index (Phi) is 4.90. The molecule has 0 spiro atoms. The number of hydrogen-bond donors (Lipinski definition) is 0. The zero-order valence-corrected chi connectivity index (χ0v) is 13.0. The van der Waals surface area contributed by atoms with Crippen molar-refractivity contribution in [2.45, 2.75) is 6.61 Å². The lowest BCUT2D eigenvalue weighted by Crippen LogP contribution is -1.98. The standard InChI is InChI=1S/C15H15IO3/c1-17-13-8-12(9-14(18-2)15(13)16)19-10-11-6-4-3-5-7-11/h3-9H,10H2,1-2H3. The van der Waals surface area contributed by atoms with Crippen molar-refractivity contribution >= 4 is 22.6 Å². The van der Waals surface area contributed by atoms with Gasteiger partial charge in [-0.1, -0.05) is 30.3 Å². The summed E-state index contributed by atoms with van der Waals surface area (Å²) in [6.07, 6.45) is 0. The van der Waals surface area contributed by atoms with Crippen molar-refractivity contribution in [1.82, 2.24) is 0 Å². The third-order valence-electron chi connectivity index (χ3n) is 2.67. The normalized spacial score (nSPS) is 10.1. The monoisotopic (exact) mass is 370 g/mol. The van der Waals surface area contributed by atoms with E-state index in [0.717, 1.165) is 26.4 Å². The molecule has 0 bridgehead atoms. The molecule has 3 nitrogen and oxygen atoms in total. The van der Waals surface area contributed by atoms with Gasteiger partial charge in [-0.25, -0.2) is 0 Å². The molecule has 19 heavy (non-hydrogen) atoms. The largest absolute Gasteiger partial charge is 0.495 e. The van der Waals surface area contributed by atoms with E-state index in [1.807, 2.05) is 42.5 Å². The Morgan fingerprint density at radius 2 is 1.53 bits per heavy atom. The molecule has 0 saturated heterocycles. The van der Waals surface area contributed by atoms with Crippen LogP contribution in [0.2, 0.25) is 0 Å². The number of halogens is 1. The van der Waals surface area contributed by atoms with Gasteiger partial charge in [0.05, 0.1) is 17.8 Å². The van der Waals surface area contributed by atoms with Gasteiger partial charge in [0.25, 0.3) is 0 Å². The van der Waals surface area contributed by atoms with Gasteiger partial charge in [0, 0.05) is 12.1 Å². The first-order chi connectivity index (χ1) is 9.24. The molecule has 0 atom stereocenters. The lowest BCUT2D eigenvalue weighted by Gasteiger charge is -2.12. The Balaban J connectivity index is 2.16. The number of benzene rings is 2. The van der Waals surface area contributed by atoms with Gasteiger partial charge in [-0.3, -0.25) is 0 Å². The Morgan fingerprint density at radius 3 is 2.05 bits per heavy atom. The number of hydrogen-bond acceptors (Lipinski definition) is 3. The number of methoxy groups -OCH3 is 2. The van der Waals surface area contributed by atoms with Gasteiger partial charge in [-0.2, -0.15) is 0 Å². The Labute approximate surface area is 126 Å². The topological polar surface area (TPSA) is 27.7 Å². The van der Waals surface area contributed by atoms with Crippen LogP contribution in [-0.2, 0) is 6.61 Å². The molecule has 2 rings (SSSR count). The van der Waals surface area contributed by atoms with Crippen molar-refractivity contribution in [3.05, 3.63) is 51.6 Å². The summed E-state index contributed by atoms with van der Waals surface area (Å²) < 4.78 is 17.3. The molecule has 0 saturated carbocycles. The van der Waals surface area contributed by atoms with E-state index in [1.54, 1.807) is 14.2 Å². The molecule has 100 valence electrons. The summed E-state index contributed by atoms with van der Waals surface area (Å²) in [5, 5.41) is 0. The molecular weight excluding hydrogens is 355 g/mol. The van der Waals surface area contributed by atoms with Crippen molar-refractivity contribution in [1.29, 1.82) is 0 Å². The van der Waals surface area contributed by atoms with E-state index in [4.69, 9.17) is 14.2 Å². The minimum absolute atomic E-state index is 0.522. The average Bonchev–Trinajstić information content (AvgIpc) is 2.47. The van der Waals surface area contributed by atoms with Crippen molar-refractivity contribution in [2.24, 2.45) is 0 Å². The molecule has 0 aliphatic heterocycles. The molecule has 4 heteroatoms. The minimum atomic E-state index is 0.522. The third-order valence-corrected chi connectivity index (χ3v) is 3.73. The van der Waals surface area contributed by atoms with Gasteiger partial charge in [-0.05, 0) is 28.2 Å². The second kappa shape index (κ2) is 6.65. The summed E-state index contributed by atoms with van der Waals surface area (Å²) in [4.78, 5) is 0. The van der Waals surface area contributed by atoms with Crippen LogP contribution in [-0.4, -0.2) is 14.2 Å². The molecule has 0 aliphatic carbocycles. The molecule has 0 amide bonds. The Hall–Kier alpha value is -1.43. The fourth-order valence-corrected chi connectivity index (χ4v) is 2.42. The lowest BCUT2D eigenvalue weighted by molar-refractivity contribution is 0.300. The van der Waals surface area contributed by atoms with Crippen molar-refractivity contribution in [2.75, 3.05) is 14.2 Å². The Bertz CT molecular complexity index is 515. The van der Waals surface area contributed by atoms with Crippen LogP contribution in [0.1, 0.15) is 5.56 Å². The molecule has 0 aromatic heterocycles. The SMILES string of the molecule is COc1cc(OCc2ccccc2)cc(OC)c1I. The maximum atomic E-state index is 5.77. The van der Waals surface area contributed by atoms with Crippen LogP contribution in [0.5, 0.6) is 17.2 Å². The van der Waals surface area contributed by atoms with Gasteiger partial charge in [-0.15, -0.1) is 0 Å².